The van der Waals surface area contributed by atoms with Crippen molar-refractivity contribution in [1.29, 1.82) is 0 Å². The normalized spacial score (nSPS) is 13.0. The van der Waals surface area contributed by atoms with E-state index in [9.17, 15) is 9.59 Å². The Morgan fingerprint density at radius 3 is 2.69 bits per heavy atom. The molecule has 4 heteroatoms. The molecule has 0 radical (unpaired) electrons. The van der Waals surface area contributed by atoms with Crippen molar-refractivity contribution in [3.05, 3.63) is 95.0 Å². The zero-order valence-corrected chi connectivity index (χ0v) is 15.6. The highest BCUT2D eigenvalue weighted by Crippen LogP contribution is 2.17. The lowest BCUT2D eigenvalue weighted by molar-refractivity contribution is -0.112. The van der Waals surface area contributed by atoms with Gasteiger partial charge in [0.15, 0.2) is 0 Å². The topological polar surface area (TPSA) is 62.0 Å². The number of rotatable bonds is 8. The van der Waals surface area contributed by atoms with Gasteiger partial charge < -0.3 is 10.3 Å². The minimum atomic E-state index is -0.350. The standard InChI is InChI=1S/C22H26N2O2/c1-5-8-10-11-13-17(4)21(25)24-20-15-19(16-23-22(20)26)18(12-7-3)14-9-6-2/h5,7-16H,3,6H2,1-2,4H3,(H,23,26)(H,24,25)/b8-5-,11-10-,14-9-,17-13+,18-12+. The lowest BCUT2D eigenvalue weighted by Gasteiger charge is -2.07. The van der Waals surface area contributed by atoms with E-state index in [-0.39, 0.29) is 17.2 Å². The van der Waals surface area contributed by atoms with Gasteiger partial charge in [-0.25, -0.2) is 0 Å². The number of aromatic amines is 1. The van der Waals surface area contributed by atoms with E-state index in [4.69, 9.17) is 0 Å². The van der Waals surface area contributed by atoms with Gasteiger partial charge in [0.25, 0.3) is 11.5 Å². The second-order valence-electron chi connectivity index (χ2n) is 5.51. The summed E-state index contributed by atoms with van der Waals surface area (Å²) in [6.45, 7) is 9.37. The smallest absolute Gasteiger partial charge is 0.271 e. The molecule has 0 aliphatic carbocycles. The fourth-order valence-corrected chi connectivity index (χ4v) is 2.03. The Hall–Kier alpha value is -3.14. The molecule has 1 aromatic heterocycles. The Kier molecular flexibility index (Phi) is 9.18. The number of nitrogens with one attached hydrogen (secondary N) is 2. The van der Waals surface area contributed by atoms with Gasteiger partial charge in [-0.2, -0.15) is 0 Å². The molecule has 0 aliphatic rings. The summed E-state index contributed by atoms with van der Waals surface area (Å²) in [5.41, 5.74) is 2.05. The summed E-state index contributed by atoms with van der Waals surface area (Å²) in [4.78, 5) is 27.0. The Balaban J connectivity index is 3.09. The third-order valence-electron chi connectivity index (χ3n) is 3.43. The van der Waals surface area contributed by atoms with E-state index < -0.39 is 0 Å². The number of pyridine rings is 1. The van der Waals surface area contributed by atoms with E-state index in [2.05, 4.69) is 16.9 Å². The first-order valence-corrected chi connectivity index (χ1v) is 8.53. The number of allylic oxidation sites excluding steroid dienone is 10. The van der Waals surface area contributed by atoms with Crippen molar-refractivity contribution in [3.63, 3.8) is 0 Å². The minimum Gasteiger partial charge on any atom is -0.327 e. The summed E-state index contributed by atoms with van der Waals surface area (Å²) in [5.74, 6) is -0.323. The van der Waals surface area contributed by atoms with Crippen molar-refractivity contribution in [2.24, 2.45) is 0 Å². The second-order valence-corrected chi connectivity index (χ2v) is 5.51. The number of hydrogen-bond acceptors (Lipinski definition) is 2. The average Bonchev–Trinajstić information content (AvgIpc) is 2.64. The van der Waals surface area contributed by atoms with Crippen LogP contribution in [-0.2, 0) is 4.79 Å². The molecule has 136 valence electrons. The van der Waals surface area contributed by atoms with Gasteiger partial charge in [-0.1, -0.05) is 68.2 Å². The number of hydrogen-bond donors (Lipinski definition) is 2. The van der Waals surface area contributed by atoms with Gasteiger partial charge >= 0.3 is 0 Å². The Labute approximate surface area is 155 Å². The molecule has 0 unspecified atom stereocenters. The minimum absolute atomic E-state index is 0.206. The van der Waals surface area contributed by atoms with Crippen LogP contribution < -0.4 is 10.9 Å². The maximum atomic E-state index is 12.3. The summed E-state index contributed by atoms with van der Waals surface area (Å²) >= 11 is 0. The summed E-state index contributed by atoms with van der Waals surface area (Å²) < 4.78 is 0. The molecule has 26 heavy (non-hydrogen) atoms. The van der Waals surface area contributed by atoms with E-state index in [1.54, 1.807) is 37.4 Å². The molecule has 0 saturated heterocycles. The van der Waals surface area contributed by atoms with E-state index in [0.29, 0.717) is 5.57 Å². The molecule has 2 N–H and O–H groups in total. The molecule has 1 heterocycles. The number of carbonyl (C=O) groups is 1. The van der Waals surface area contributed by atoms with Crippen LogP contribution in [0.15, 0.2) is 83.9 Å². The zero-order chi connectivity index (χ0) is 19.4. The number of aromatic nitrogens is 1. The molecule has 0 aliphatic heterocycles. The van der Waals surface area contributed by atoms with Gasteiger partial charge in [0.1, 0.15) is 5.69 Å². The molecule has 0 bridgehead atoms. The van der Waals surface area contributed by atoms with Crippen LogP contribution in [0, 0.1) is 0 Å². The molecule has 1 amide bonds. The molecule has 0 atom stereocenters. The molecule has 0 saturated carbocycles. The van der Waals surface area contributed by atoms with E-state index >= 15 is 0 Å². The lowest BCUT2D eigenvalue weighted by atomic mass is 10.1. The quantitative estimate of drug-likeness (QED) is 0.516. The maximum Gasteiger partial charge on any atom is 0.271 e. The highest BCUT2D eigenvalue weighted by molar-refractivity contribution is 6.03. The van der Waals surface area contributed by atoms with Crippen molar-refractivity contribution in [2.75, 3.05) is 5.32 Å². The van der Waals surface area contributed by atoms with Gasteiger partial charge in [-0.05, 0) is 31.9 Å². The third-order valence-corrected chi connectivity index (χ3v) is 3.43. The fraction of sp³-hybridized carbons (Fsp3) is 0.182. The number of H-pyrrole nitrogens is 1. The summed E-state index contributed by atoms with van der Waals surface area (Å²) in [6.07, 6.45) is 19.1. The first kappa shape index (κ1) is 20.9. The van der Waals surface area contributed by atoms with E-state index in [1.165, 1.54) is 0 Å². The zero-order valence-electron chi connectivity index (χ0n) is 15.6. The molecular formula is C22H26N2O2. The van der Waals surface area contributed by atoms with E-state index in [1.807, 2.05) is 50.3 Å². The van der Waals surface area contributed by atoms with Crippen LogP contribution >= 0.6 is 0 Å². The summed E-state index contributed by atoms with van der Waals surface area (Å²) in [6, 6.07) is 1.66. The SMILES string of the molecule is C=C/C=C(\C=C/CC)c1c[nH]c(=O)c(NC(=O)/C(C)=C/C=C\C=C/C)c1. The largest absolute Gasteiger partial charge is 0.327 e. The summed E-state index contributed by atoms with van der Waals surface area (Å²) in [5, 5.41) is 2.66. The van der Waals surface area contributed by atoms with Crippen LogP contribution in [0.1, 0.15) is 32.8 Å². The molecular weight excluding hydrogens is 324 g/mol. The number of carbonyl (C=O) groups excluding carboxylic acids is 1. The van der Waals surface area contributed by atoms with Gasteiger partial charge in [-0.15, -0.1) is 0 Å². The predicted octanol–water partition coefficient (Wildman–Crippen LogP) is 4.93. The third kappa shape index (κ3) is 6.77. The first-order chi connectivity index (χ1) is 12.5. The first-order valence-electron chi connectivity index (χ1n) is 8.53. The van der Waals surface area contributed by atoms with Gasteiger partial charge in [0.05, 0.1) is 0 Å². The van der Waals surface area contributed by atoms with Crippen LogP contribution in [0.3, 0.4) is 0 Å². The number of anilines is 1. The van der Waals surface area contributed by atoms with E-state index in [0.717, 1.165) is 17.6 Å². The maximum absolute atomic E-state index is 12.3. The summed E-state index contributed by atoms with van der Waals surface area (Å²) in [7, 11) is 0. The molecule has 1 rings (SSSR count). The van der Waals surface area contributed by atoms with Crippen molar-refractivity contribution in [2.45, 2.75) is 27.2 Å². The fourth-order valence-electron chi connectivity index (χ4n) is 2.03. The Morgan fingerprint density at radius 1 is 1.27 bits per heavy atom. The molecule has 4 nitrogen and oxygen atoms in total. The second kappa shape index (κ2) is 11.4. The lowest BCUT2D eigenvalue weighted by Crippen LogP contribution is -2.20. The van der Waals surface area contributed by atoms with Crippen LogP contribution in [0.4, 0.5) is 5.69 Å². The van der Waals surface area contributed by atoms with Crippen molar-refractivity contribution in [1.82, 2.24) is 4.98 Å². The van der Waals surface area contributed by atoms with Crippen LogP contribution in [0.2, 0.25) is 0 Å². The molecule has 0 spiro atoms. The average molecular weight is 350 g/mol. The molecule has 0 fully saturated rings. The van der Waals surface area contributed by atoms with Crippen molar-refractivity contribution < 1.29 is 4.79 Å². The predicted molar refractivity (Wildman–Crippen MR) is 111 cm³/mol. The monoisotopic (exact) mass is 350 g/mol. The highest BCUT2D eigenvalue weighted by atomic mass is 16.2. The van der Waals surface area contributed by atoms with Gasteiger partial charge in [-0.3, -0.25) is 9.59 Å². The van der Waals surface area contributed by atoms with Crippen molar-refractivity contribution >= 4 is 17.2 Å². The van der Waals surface area contributed by atoms with Crippen LogP contribution in [0.25, 0.3) is 5.57 Å². The van der Waals surface area contributed by atoms with Crippen LogP contribution in [-0.4, -0.2) is 10.9 Å². The van der Waals surface area contributed by atoms with Gasteiger partial charge in [0, 0.05) is 17.3 Å². The van der Waals surface area contributed by atoms with Crippen LogP contribution in [0.5, 0.6) is 0 Å². The molecule has 0 aromatic carbocycles. The number of amides is 1. The Bertz CT molecular complexity index is 834. The Morgan fingerprint density at radius 2 is 2.04 bits per heavy atom. The van der Waals surface area contributed by atoms with Crippen molar-refractivity contribution in [3.8, 4) is 0 Å². The highest BCUT2D eigenvalue weighted by Gasteiger charge is 2.09. The van der Waals surface area contributed by atoms with Gasteiger partial charge in [0.2, 0.25) is 0 Å². The molecule has 1 aromatic rings.